The number of ether oxygens (including phenoxy) is 1. The molecule has 1 unspecified atom stereocenters. The topological polar surface area (TPSA) is 116 Å². The van der Waals surface area contributed by atoms with Gasteiger partial charge in [-0.25, -0.2) is 4.79 Å². The quantitative estimate of drug-likeness (QED) is 0.780. The van der Waals surface area contributed by atoms with Crippen molar-refractivity contribution < 1.29 is 19.1 Å². The Bertz CT molecular complexity index is 814. The molecule has 0 aliphatic heterocycles. The minimum atomic E-state index is -0.685. The van der Waals surface area contributed by atoms with Gasteiger partial charge in [0.2, 0.25) is 5.91 Å². The number of amides is 2. The van der Waals surface area contributed by atoms with Crippen molar-refractivity contribution in [2.75, 3.05) is 12.4 Å². The van der Waals surface area contributed by atoms with Gasteiger partial charge in [0.05, 0.1) is 28.8 Å². The summed E-state index contributed by atoms with van der Waals surface area (Å²) >= 11 is 6.71. The molecule has 0 radical (unpaired) electrons. The van der Waals surface area contributed by atoms with Gasteiger partial charge < -0.3 is 15.8 Å². The molecular formula is C14H15ClN4O4S. The number of nitrogens with one attached hydrogen (secondary N) is 1. The molecule has 2 rings (SSSR count). The van der Waals surface area contributed by atoms with Crippen LogP contribution in [0.15, 0.2) is 12.4 Å². The van der Waals surface area contributed by atoms with Crippen LogP contribution in [0.25, 0.3) is 0 Å². The highest BCUT2D eigenvalue weighted by Gasteiger charge is 2.27. The number of nitrogens with two attached hydrogens (primary N) is 1. The second kappa shape index (κ2) is 7.02. The maximum absolute atomic E-state index is 12.4. The maximum Gasteiger partial charge on any atom is 0.341 e. The SMILES string of the molecule is COC(=O)c1c(NC(=O)C(C)n2cc(Cl)cn2)sc(C(N)=O)c1C. The summed E-state index contributed by atoms with van der Waals surface area (Å²) < 4.78 is 6.09. The summed E-state index contributed by atoms with van der Waals surface area (Å²) in [6, 6.07) is -0.678. The maximum atomic E-state index is 12.4. The fourth-order valence-electron chi connectivity index (χ4n) is 2.05. The molecule has 10 heteroatoms. The fourth-order valence-corrected chi connectivity index (χ4v) is 3.24. The molecule has 0 spiro atoms. The molecule has 0 fully saturated rings. The number of thiophene rings is 1. The number of carbonyl (C=O) groups is 3. The van der Waals surface area contributed by atoms with Crippen LogP contribution >= 0.6 is 22.9 Å². The summed E-state index contributed by atoms with van der Waals surface area (Å²) in [6.07, 6.45) is 2.91. The van der Waals surface area contributed by atoms with Gasteiger partial charge in [-0.1, -0.05) is 11.6 Å². The molecule has 128 valence electrons. The summed E-state index contributed by atoms with van der Waals surface area (Å²) in [4.78, 5) is 36.0. The Morgan fingerprint density at radius 2 is 2.12 bits per heavy atom. The first-order valence-electron chi connectivity index (χ1n) is 6.78. The van der Waals surface area contributed by atoms with Crippen LogP contribution in [-0.2, 0) is 9.53 Å². The normalized spacial score (nSPS) is 11.8. The largest absolute Gasteiger partial charge is 0.465 e. The van der Waals surface area contributed by atoms with Crippen LogP contribution < -0.4 is 11.1 Å². The molecule has 0 aromatic carbocycles. The van der Waals surface area contributed by atoms with Crippen molar-refractivity contribution in [1.82, 2.24) is 9.78 Å². The van der Waals surface area contributed by atoms with Crippen LogP contribution in [0.5, 0.6) is 0 Å². The van der Waals surface area contributed by atoms with E-state index in [0.717, 1.165) is 11.3 Å². The molecule has 0 saturated heterocycles. The Morgan fingerprint density at radius 1 is 1.46 bits per heavy atom. The average Bonchev–Trinajstić information content (AvgIpc) is 3.09. The van der Waals surface area contributed by atoms with Crippen molar-refractivity contribution in [2.45, 2.75) is 19.9 Å². The summed E-state index contributed by atoms with van der Waals surface area (Å²) in [5.41, 5.74) is 5.77. The number of primary amides is 1. The van der Waals surface area contributed by atoms with Crippen molar-refractivity contribution in [2.24, 2.45) is 5.73 Å². The van der Waals surface area contributed by atoms with Crippen molar-refractivity contribution in [3.63, 3.8) is 0 Å². The lowest BCUT2D eigenvalue weighted by atomic mass is 10.1. The molecule has 1 atom stereocenters. The zero-order valence-corrected chi connectivity index (χ0v) is 14.7. The van der Waals surface area contributed by atoms with Crippen molar-refractivity contribution in [3.8, 4) is 0 Å². The number of hydrogen-bond donors (Lipinski definition) is 2. The highest BCUT2D eigenvalue weighted by atomic mass is 35.5. The second-order valence-corrected chi connectivity index (χ2v) is 6.38. The van der Waals surface area contributed by atoms with E-state index in [4.69, 9.17) is 22.1 Å². The lowest BCUT2D eigenvalue weighted by Gasteiger charge is -2.12. The standard InChI is InChI=1S/C14H15ClN4O4S/c1-6-9(14(22)23-3)13(24-10(6)11(16)20)18-12(21)7(2)19-5-8(15)4-17-19/h4-5,7H,1-3H3,(H2,16,20)(H,18,21). The molecule has 2 amide bonds. The minimum Gasteiger partial charge on any atom is -0.465 e. The highest BCUT2D eigenvalue weighted by molar-refractivity contribution is 7.18. The van der Waals surface area contributed by atoms with E-state index in [1.807, 2.05) is 0 Å². The molecule has 24 heavy (non-hydrogen) atoms. The minimum absolute atomic E-state index is 0.107. The Balaban J connectivity index is 2.34. The number of methoxy groups -OCH3 is 1. The molecule has 2 aromatic rings. The molecule has 0 aliphatic carbocycles. The number of esters is 1. The molecule has 3 N–H and O–H groups in total. The Kier molecular flexibility index (Phi) is 5.25. The second-order valence-electron chi connectivity index (χ2n) is 4.92. The third-order valence-electron chi connectivity index (χ3n) is 3.34. The van der Waals surface area contributed by atoms with Gasteiger partial charge in [-0.2, -0.15) is 5.10 Å². The van der Waals surface area contributed by atoms with Crippen molar-refractivity contribution >= 4 is 45.7 Å². The molecule has 0 saturated carbocycles. The smallest absolute Gasteiger partial charge is 0.341 e. The van der Waals surface area contributed by atoms with E-state index in [0.29, 0.717) is 10.6 Å². The van der Waals surface area contributed by atoms with Crippen molar-refractivity contribution in [3.05, 3.63) is 33.4 Å². The summed E-state index contributed by atoms with van der Waals surface area (Å²) in [7, 11) is 1.21. The summed E-state index contributed by atoms with van der Waals surface area (Å²) in [6.45, 7) is 3.18. The molecule has 8 nitrogen and oxygen atoms in total. The average molecular weight is 371 g/mol. The van der Waals surface area contributed by atoms with Gasteiger partial charge in [-0.15, -0.1) is 11.3 Å². The molecule has 2 heterocycles. The van der Waals surface area contributed by atoms with E-state index < -0.39 is 23.8 Å². The Hall–Kier alpha value is -2.39. The highest BCUT2D eigenvalue weighted by Crippen LogP contribution is 2.33. The van der Waals surface area contributed by atoms with Crippen LogP contribution in [0.1, 0.15) is 38.6 Å². The lowest BCUT2D eigenvalue weighted by Crippen LogP contribution is -2.24. The predicted molar refractivity (Wildman–Crippen MR) is 89.5 cm³/mol. The van der Waals surface area contributed by atoms with Gasteiger partial charge >= 0.3 is 5.97 Å². The van der Waals surface area contributed by atoms with E-state index in [2.05, 4.69) is 10.4 Å². The number of hydrogen-bond acceptors (Lipinski definition) is 6. The third-order valence-corrected chi connectivity index (χ3v) is 4.76. The number of rotatable bonds is 5. The van der Waals surface area contributed by atoms with E-state index in [-0.39, 0.29) is 15.4 Å². The van der Waals surface area contributed by atoms with Gasteiger partial charge in [0, 0.05) is 6.20 Å². The first-order valence-corrected chi connectivity index (χ1v) is 7.97. The van der Waals surface area contributed by atoms with Crippen LogP contribution in [0.2, 0.25) is 5.02 Å². The zero-order chi connectivity index (χ0) is 18.0. The number of anilines is 1. The van der Waals surface area contributed by atoms with Crippen LogP contribution in [0.4, 0.5) is 5.00 Å². The molecule has 0 aliphatic rings. The van der Waals surface area contributed by atoms with Gasteiger partial charge in [-0.05, 0) is 19.4 Å². The number of aromatic nitrogens is 2. The molecule has 2 aromatic heterocycles. The number of halogens is 1. The summed E-state index contributed by atoms with van der Waals surface area (Å²) in [5.74, 6) is -1.78. The monoisotopic (exact) mass is 370 g/mol. The first-order chi connectivity index (χ1) is 11.3. The molecular weight excluding hydrogens is 356 g/mol. The summed E-state index contributed by atoms with van der Waals surface area (Å²) in [5, 5.41) is 7.17. The van der Waals surface area contributed by atoms with Gasteiger partial charge in [0.1, 0.15) is 11.0 Å². The van der Waals surface area contributed by atoms with Gasteiger partial charge in [0.15, 0.2) is 0 Å². The van der Waals surface area contributed by atoms with Crippen LogP contribution in [0, 0.1) is 6.92 Å². The van der Waals surface area contributed by atoms with Crippen LogP contribution in [-0.4, -0.2) is 34.7 Å². The zero-order valence-electron chi connectivity index (χ0n) is 13.1. The van der Waals surface area contributed by atoms with E-state index in [9.17, 15) is 14.4 Å². The van der Waals surface area contributed by atoms with E-state index >= 15 is 0 Å². The number of carbonyl (C=O) groups excluding carboxylic acids is 3. The Morgan fingerprint density at radius 3 is 2.62 bits per heavy atom. The van der Waals surface area contributed by atoms with Gasteiger partial charge in [0.25, 0.3) is 5.91 Å². The van der Waals surface area contributed by atoms with E-state index in [1.165, 1.54) is 24.2 Å². The lowest BCUT2D eigenvalue weighted by molar-refractivity contribution is -0.119. The third kappa shape index (κ3) is 3.41. The first kappa shape index (κ1) is 18.0. The number of nitrogens with zero attached hydrogens (tertiary/aromatic N) is 2. The Labute approximate surface area is 146 Å². The van der Waals surface area contributed by atoms with Crippen LogP contribution in [0.3, 0.4) is 0 Å². The predicted octanol–water partition coefficient (Wildman–Crippen LogP) is 1.99. The molecule has 0 bridgehead atoms. The fraction of sp³-hybridized carbons (Fsp3) is 0.286. The van der Waals surface area contributed by atoms with E-state index in [1.54, 1.807) is 13.8 Å². The van der Waals surface area contributed by atoms with Gasteiger partial charge in [-0.3, -0.25) is 14.3 Å². The van der Waals surface area contributed by atoms with Crippen molar-refractivity contribution in [1.29, 1.82) is 0 Å².